The number of carbonyl (C=O) groups excluding carboxylic acids is 2. The number of fused-ring (bicyclic) bond motifs is 1. The Balaban J connectivity index is 0.000000320. The molecule has 0 bridgehead atoms. The molecule has 0 saturated carbocycles. The maximum Gasteiger partial charge on any atom is 0.349 e. The molecule has 0 radical (unpaired) electrons. The number of ether oxygens (including phenoxy) is 2. The molecule has 12 nitrogen and oxygen atoms in total. The van der Waals surface area contributed by atoms with Gasteiger partial charge in [-0.15, -0.1) is 0 Å². The lowest BCUT2D eigenvalue weighted by Gasteiger charge is -2.19. The van der Waals surface area contributed by atoms with Crippen molar-refractivity contribution in [1.29, 1.82) is 0 Å². The van der Waals surface area contributed by atoms with E-state index in [1.807, 2.05) is 37.4 Å². The Kier molecular flexibility index (Phi) is 9.35. The average Bonchev–Trinajstić information content (AvgIpc) is 3.13. The summed E-state index contributed by atoms with van der Waals surface area (Å²) in [7, 11) is 0. The minimum atomic E-state index is -2.07. The molecule has 0 aliphatic carbocycles. The van der Waals surface area contributed by atoms with Crippen molar-refractivity contribution >= 4 is 40.7 Å². The van der Waals surface area contributed by atoms with Gasteiger partial charge in [0.2, 0.25) is 12.2 Å². The summed E-state index contributed by atoms with van der Waals surface area (Å²) in [5.41, 5.74) is 7.58. The zero-order valence-corrected chi connectivity index (χ0v) is 17.5. The SMILES string of the molecule is CC(=O)O[C@@H](C(=O)O)[C@@H](OC(C)=O)C(=O)O.C[C@@H](c1c[nH]c2ccccc12)[C@@H](N)C(=O)O. The van der Waals surface area contributed by atoms with Crippen molar-refractivity contribution in [2.75, 3.05) is 0 Å². The van der Waals surface area contributed by atoms with Crippen molar-refractivity contribution < 1.29 is 48.8 Å². The Morgan fingerprint density at radius 2 is 1.34 bits per heavy atom. The third-order valence-corrected chi connectivity index (χ3v) is 4.28. The highest BCUT2D eigenvalue weighted by Gasteiger charge is 2.39. The van der Waals surface area contributed by atoms with Gasteiger partial charge in [0.15, 0.2) is 0 Å². The van der Waals surface area contributed by atoms with Gasteiger partial charge in [-0.3, -0.25) is 14.4 Å². The first-order chi connectivity index (χ1) is 14.9. The predicted molar refractivity (Wildman–Crippen MR) is 109 cm³/mol. The summed E-state index contributed by atoms with van der Waals surface area (Å²) in [6.45, 7) is 3.64. The van der Waals surface area contributed by atoms with E-state index in [4.69, 9.17) is 21.1 Å². The van der Waals surface area contributed by atoms with E-state index in [1.165, 1.54) is 0 Å². The normalized spacial score (nSPS) is 14.1. The van der Waals surface area contributed by atoms with Crippen LogP contribution in [0.1, 0.15) is 32.3 Å². The van der Waals surface area contributed by atoms with Crippen molar-refractivity contribution in [3.8, 4) is 0 Å². The lowest BCUT2D eigenvalue weighted by atomic mass is 9.93. The van der Waals surface area contributed by atoms with E-state index in [2.05, 4.69) is 14.5 Å². The first-order valence-corrected chi connectivity index (χ1v) is 9.21. The molecule has 0 amide bonds. The molecule has 32 heavy (non-hydrogen) atoms. The second-order valence-corrected chi connectivity index (χ2v) is 6.68. The molecule has 6 N–H and O–H groups in total. The Hall–Kier alpha value is -3.93. The topological polar surface area (TPSA) is 206 Å². The van der Waals surface area contributed by atoms with Gasteiger partial charge in [-0.2, -0.15) is 0 Å². The average molecular weight is 452 g/mol. The standard InChI is InChI=1S/C12H14N2O2.C8H10O8/c1-7(11(13)12(15)16)9-6-14-10-5-3-2-4-8(9)10;1-3(9)15-5(7(11)12)6(8(13)14)16-4(2)10/h2-7,11,14H,13H2,1H3,(H,15,16);5-6H,1-2H3,(H,11,12)(H,13,14)/t7-,11+;5-,6-/m01/s1. The van der Waals surface area contributed by atoms with E-state index >= 15 is 0 Å². The number of benzene rings is 1. The number of hydrogen-bond donors (Lipinski definition) is 5. The maximum atomic E-state index is 10.8. The van der Waals surface area contributed by atoms with Crippen LogP contribution in [0.2, 0.25) is 0 Å². The molecule has 1 aromatic heterocycles. The Morgan fingerprint density at radius 3 is 1.75 bits per heavy atom. The monoisotopic (exact) mass is 452 g/mol. The second kappa shape index (κ2) is 11.5. The minimum Gasteiger partial charge on any atom is -0.480 e. The van der Waals surface area contributed by atoms with Crippen LogP contribution in [0.25, 0.3) is 10.9 Å². The van der Waals surface area contributed by atoms with Gasteiger partial charge in [0, 0.05) is 36.9 Å². The molecule has 2 aromatic rings. The van der Waals surface area contributed by atoms with Crippen LogP contribution in [-0.4, -0.2) is 68.4 Å². The molecule has 0 aliphatic heterocycles. The van der Waals surface area contributed by atoms with Crippen molar-refractivity contribution in [1.82, 2.24) is 4.98 Å². The van der Waals surface area contributed by atoms with Crippen molar-refractivity contribution in [2.45, 2.75) is 44.9 Å². The molecule has 12 heteroatoms. The van der Waals surface area contributed by atoms with Gasteiger partial charge in [0.05, 0.1) is 0 Å². The van der Waals surface area contributed by atoms with Gasteiger partial charge in [0.25, 0.3) is 0 Å². The highest BCUT2D eigenvalue weighted by atomic mass is 16.6. The Bertz CT molecular complexity index is 967. The molecule has 0 fully saturated rings. The number of carboxylic acids is 3. The van der Waals surface area contributed by atoms with Crippen LogP contribution in [0.4, 0.5) is 0 Å². The van der Waals surface area contributed by atoms with Crippen molar-refractivity contribution in [3.63, 3.8) is 0 Å². The van der Waals surface area contributed by atoms with E-state index in [1.54, 1.807) is 0 Å². The first-order valence-electron chi connectivity index (χ1n) is 9.21. The number of carboxylic acid groups (broad SMARTS) is 3. The second-order valence-electron chi connectivity index (χ2n) is 6.68. The predicted octanol–water partition coefficient (Wildman–Crippen LogP) is 0.702. The fraction of sp³-hybridized carbons (Fsp3) is 0.350. The molecular formula is C20H24N2O10. The summed E-state index contributed by atoms with van der Waals surface area (Å²) in [4.78, 5) is 56.3. The number of aromatic amines is 1. The Morgan fingerprint density at radius 1 is 0.875 bits per heavy atom. The van der Waals surface area contributed by atoms with Crippen LogP contribution >= 0.6 is 0 Å². The number of esters is 2. The molecule has 174 valence electrons. The van der Waals surface area contributed by atoms with Crippen LogP contribution in [-0.2, 0) is 33.4 Å². The van der Waals surface area contributed by atoms with Crippen LogP contribution < -0.4 is 5.73 Å². The van der Waals surface area contributed by atoms with Crippen LogP contribution in [0.15, 0.2) is 30.5 Å². The molecule has 1 heterocycles. The van der Waals surface area contributed by atoms with Gasteiger partial charge in [0.1, 0.15) is 6.04 Å². The largest absolute Gasteiger partial charge is 0.480 e. The number of carbonyl (C=O) groups is 5. The van der Waals surface area contributed by atoms with Gasteiger partial charge in [-0.05, 0) is 11.6 Å². The number of nitrogens with one attached hydrogen (secondary N) is 1. The van der Waals surface area contributed by atoms with E-state index in [0.29, 0.717) is 0 Å². The fourth-order valence-corrected chi connectivity index (χ4v) is 2.72. The maximum absolute atomic E-state index is 10.8. The summed E-state index contributed by atoms with van der Waals surface area (Å²) < 4.78 is 8.48. The number of rotatable bonds is 8. The zero-order valence-electron chi connectivity index (χ0n) is 17.5. The van der Waals surface area contributed by atoms with E-state index in [9.17, 15) is 24.0 Å². The summed E-state index contributed by atoms with van der Waals surface area (Å²) in [5.74, 6) is -6.62. The quantitative estimate of drug-likeness (QED) is 0.352. The minimum absolute atomic E-state index is 0.214. The molecule has 0 unspecified atom stereocenters. The Labute approximate surface area is 181 Å². The van der Waals surface area contributed by atoms with Gasteiger partial charge < -0.3 is 35.5 Å². The molecule has 0 aliphatic rings. The van der Waals surface area contributed by atoms with Gasteiger partial charge in [-0.25, -0.2) is 9.59 Å². The number of aromatic nitrogens is 1. The van der Waals surface area contributed by atoms with Crippen molar-refractivity contribution in [3.05, 3.63) is 36.0 Å². The molecule has 1 aromatic carbocycles. The summed E-state index contributed by atoms with van der Waals surface area (Å²) in [6.07, 6.45) is -2.31. The lowest BCUT2D eigenvalue weighted by molar-refractivity contribution is -0.185. The molecular weight excluding hydrogens is 428 g/mol. The lowest BCUT2D eigenvalue weighted by Crippen LogP contribution is -2.45. The summed E-state index contributed by atoms with van der Waals surface area (Å²) in [6, 6.07) is 6.91. The summed E-state index contributed by atoms with van der Waals surface area (Å²) >= 11 is 0. The van der Waals surface area contributed by atoms with Crippen LogP contribution in [0.5, 0.6) is 0 Å². The first kappa shape index (κ1) is 26.1. The molecule has 4 atom stereocenters. The number of H-pyrrole nitrogens is 1. The van der Waals surface area contributed by atoms with Crippen molar-refractivity contribution in [2.24, 2.45) is 5.73 Å². The highest BCUT2D eigenvalue weighted by molar-refractivity contribution is 5.87. The number of aliphatic carboxylic acids is 3. The van der Waals surface area contributed by atoms with Gasteiger partial charge in [-0.1, -0.05) is 25.1 Å². The highest BCUT2D eigenvalue weighted by Crippen LogP contribution is 2.26. The third-order valence-electron chi connectivity index (χ3n) is 4.28. The van der Waals surface area contributed by atoms with E-state index in [-0.39, 0.29) is 5.92 Å². The van der Waals surface area contributed by atoms with E-state index in [0.717, 1.165) is 30.3 Å². The smallest absolute Gasteiger partial charge is 0.349 e. The number of hydrogen-bond acceptors (Lipinski definition) is 8. The molecule has 0 saturated heterocycles. The zero-order chi connectivity index (χ0) is 24.6. The molecule has 0 spiro atoms. The number of nitrogens with two attached hydrogens (primary N) is 1. The van der Waals surface area contributed by atoms with Gasteiger partial charge >= 0.3 is 29.8 Å². The van der Waals surface area contributed by atoms with Crippen LogP contribution in [0, 0.1) is 0 Å². The number of para-hydroxylation sites is 1. The third kappa shape index (κ3) is 7.09. The molecule has 2 rings (SSSR count). The van der Waals surface area contributed by atoms with E-state index < -0.39 is 48.1 Å². The summed E-state index contributed by atoms with van der Waals surface area (Å²) in [5, 5.41) is 27.2. The fourth-order valence-electron chi connectivity index (χ4n) is 2.72. The van der Waals surface area contributed by atoms with Crippen LogP contribution in [0.3, 0.4) is 0 Å².